The van der Waals surface area contributed by atoms with Gasteiger partial charge in [-0.25, -0.2) is 0 Å². The maximum atomic E-state index is 6.39. The molecule has 134 valence electrons. The summed E-state index contributed by atoms with van der Waals surface area (Å²) < 4.78 is 11.0. The molecule has 1 N–H and O–H groups in total. The zero-order chi connectivity index (χ0) is 17.9. The number of nitrogens with one attached hydrogen (secondary N) is 1. The van der Waals surface area contributed by atoms with Crippen molar-refractivity contribution < 1.29 is 9.47 Å². The summed E-state index contributed by atoms with van der Waals surface area (Å²) in [7, 11) is 1.66. The van der Waals surface area contributed by atoms with Crippen LogP contribution in [-0.2, 0) is 11.3 Å². The molecule has 1 fully saturated rings. The molecule has 0 bridgehead atoms. The predicted octanol–water partition coefficient (Wildman–Crippen LogP) is 3.37. The molecule has 0 spiro atoms. The number of ether oxygens (including phenoxy) is 2. The van der Waals surface area contributed by atoms with Crippen LogP contribution in [0.15, 0.2) is 30.5 Å². The van der Waals surface area contributed by atoms with Crippen LogP contribution >= 0.6 is 11.6 Å². The average molecular weight is 363 g/mol. The number of morpholine rings is 1. The van der Waals surface area contributed by atoms with Crippen LogP contribution in [0.2, 0.25) is 5.02 Å². The number of benzene rings is 1. The number of rotatable bonds is 5. The zero-order valence-corrected chi connectivity index (χ0v) is 15.5. The van der Waals surface area contributed by atoms with Crippen molar-refractivity contribution >= 4 is 23.1 Å². The molecule has 25 heavy (non-hydrogen) atoms. The van der Waals surface area contributed by atoms with E-state index in [1.54, 1.807) is 13.3 Å². The van der Waals surface area contributed by atoms with Gasteiger partial charge in [0.05, 0.1) is 30.5 Å². The Bertz CT molecular complexity index is 722. The summed E-state index contributed by atoms with van der Waals surface area (Å²) in [4.78, 5) is 2.17. The van der Waals surface area contributed by atoms with Crippen LogP contribution < -0.4 is 15.0 Å². The number of hydrogen-bond donors (Lipinski definition) is 1. The van der Waals surface area contributed by atoms with Crippen LogP contribution in [0.4, 0.5) is 11.5 Å². The Morgan fingerprint density at radius 3 is 2.76 bits per heavy atom. The fourth-order valence-corrected chi connectivity index (χ4v) is 3.07. The summed E-state index contributed by atoms with van der Waals surface area (Å²) in [6, 6.07) is 7.92. The number of anilines is 2. The SMILES string of the molecule is COc1ccc(CNc2c(Cl)cnnc2N2CCOC(C)(C)C2)cc1. The van der Waals surface area contributed by atoms with Gasteiger partial charge in [-0.1, -0.05) is 23.7 Å². The summed E-state index contributed by atoms with van der Waals surface area (Å²) in [5.74, 6) is 1.60. The van der Waals surface area contributed by atoms with Crippen LogP contribution in [0, 0.1) is 0 Å². The molecular formula is C18H23ClN4O2. The molecule has 1 aliphatic heterocycles. The zero-order valence-electron chi connectivity index (χ0n) is 14.8. The van der Waals surface area contributed by atoms with E-state index < -0.39 is 0 Å². The summed E-state index contributed by atoms with van der Waals surface area (Å²) >= 11 is 6.39. The molecule has 6 nitrogen and oxygen atoms in total. The average Bonchev–Trinajstić information content (AvgIpc) is 2.60. The monoisotopic (exact) mass is 362 g/mol. The third-order valence-corrected chi connectivity index (χ3v) is 4.43. The lowest BCUT2D eigenvalue weighted by Crippen LogP contribution is -2.48. The van der Waals surface area contributed by atoms with Crippen LogP contribution in [0.1, 0.15) is 19.4 Å². The van der Waals surface area contributed by atoms with E-state index in [4.69, 9.17) is 21.1 Å². The maximum absolute atomic E-state index is 6.39. The molecular weight excluding hydrogens is 340 g/mol. The smallest absolute Gasteiger partial charge is 0.176 e. The molecule has 0 aliphatic carbocycles. The second-order valence-corrected chi connectivity index (χ2v) is 7.03. The number of methoxy groups -OCH3 is 1. The van der Waals surface area contributed by atoms with E-state index in [-0.39, 0.29) is 5.60 Å². The molecule has 1 aromatic carbocycles. The highest BCUT2D eigenvalue weighted by Gasteiger charge is 2.29. The topological polar surface area (TPSA) is 59.5 Å². The molecule has 0 saturated carbocycles. The Hall–Kier alpha value is -2.05. The third-order valence-electron chi connectivity index (χ3n) is 4.14. The van der Waals surface area contributed by atoms with Crippen molar-refractivity contribution in [1.82, 2.24) is 10.2 Å². The van der Waals surface area contributed by atoms with Gasteiger partial charge in [0, 0.05) is 19.6 Å². The van der Waals surface area contributed by atoms with Crippen LogP contribution in [0.5, 0.6) is 5.75 Å². The standard InChI is InChI=1S/C18H23ClN4O2/c1-18(2)12-23(8-9-25-18)17-16(15(19)11-21-22-17)20-10-13-4-6-14(24-3)7-5-13/h4-7,11H,8-10,12H2,1-3H3,(H,20,21). The van der Waals surface area contributed by atoms with Gasteiger partial charge in [0.25, 0.3) is 0 Å². The second kappa shape index (κ2) is 7.45. The molecule has 1 aliphatic rings. The third kappa shape index (κ3) is 4.32. The highest BCUT2D eigenvalue weighted by molar-refractivity contribution is 6.33. The molecule has 0 radical (unpaired) electrons. The lowest BCUT2D eigenvalue weighted by molar-refractivity contribution is -0.0279. The summed E-state index contributed by atoms with van der Waals surface area (Å²) in [5.41, 5.74) is 1.70. The number of halogens is 1. The first-order valence-corrected chi connectivity index (χ1v) is 8.63. The summed E-state index contributed by atoms with van der Waals surface area (Å²) in [6.07, 6.45) is 1.56. The largest absolute Gasteiger partial charge is 0.497 e. The fourth-order valence-electron chi connectivity index (χ4n) is 2.87. The molecule has 1 aromatic heterocycles. The van der Waals surface area contributed by atoms with Gasteiger partial charge in [-0.15, -0.1) is 5.10 Å². The highest BCUT2D eigenvalue weighted by atomic mass is 35.5. The van der Waals surface area contributed by atoms with Crippen molar-refractivity contribution in [2.75, 3.05) is 37.0 Å². The van der Waals surface area contributed by atoms with E-state index in [9.17, 15) is 0 Å². The maximum Gasteiger partial charge on any atom is 0.176 e. The van der Waals surface area contributed by atoms with E-state index in [1.165, 1.54) is 0 Å². The lowest BCUT2D eigenvalue weighted by Gasteiger charge is -2.39. The molecule has 2 aromatic rings. The van der Waals surface area contributed by atoms with Gasteiger partial charge < -0.3 is 19.7 Å². The summed E-state index contributed by atoms with van der Waals surface area (Å²) in [5, 5.41) is 12.3. The second-order valence-electron chi connectivity index (χ2n) is 6.62. The Balaban J connectivity index is 1.78. The van der Waals surface area contributed by atoms with E-state index in [1.807, 2.05) is 24.3 Å². The molecule has 7 heteroatoms. The van der Waals surface area contributed by atoms with Gasteiger partial charge in [-0.3, -0.25) is 0 Å². The first-order chi connectivity index (χ1) is 12.0. The van der Waals surface area contributed by atoms with E-state index >= 15 is 0 Å². The van der Waals surface area contributed by atoms with Crippen molar-refractivity contribution in [3.8, 4) is 5.75 Å². The molecule has 0 atom stereocenters. The Kier molecular flexibility index (Phi) is 5.30. The van der Waals surface area contributed by atoms with Crippen molar-refractivity contribution in [2.45, 2.75) is 26.0 Å². The molecule has 1 saturated heterocycles. The molecule has 3 rings (SSSR count). The minimum atomic E-state index is -0.227. The number of hydrogen-bond acceptors (Lipinski definition) is 6. The van der Waals surface area contributed by atoms with Crippen molar-refractivity contribution in [1.29, 1.82) is 0 Å². The van der Waals surface area contributed by atoms with E-state index in [0.717, 1.165) is 35.9 Å². The highest BCUT2D eigenvalue weighted by Crippen LogP contribution is 2.33. The Morgan fingerprint density at radius 2 is 2.08 bits per heavy atom. The van der Waals surface area contributed by atoms with Gasteiger partial charge in [0.15, 0.2) is 5.82 Å². The van der Waals surface area contributed by atoms with Gasteiger partial charge >= 0.3 is 0 Å². The number of aromatic nitrogens is 2. The van der Waals surface area contributed by atoms with Gasteiger partial charge in [-0.05, 0) is 31.5 Å². The number of nitrogens with zero attached hydrogens (tertiary/aromatic N) is 3. The van der Waals surface area contributed by atoms with Gasteiger partial charge in [0.1, 0.15) is 11.4 Å². The van der Waals surface area contributed by atoms with Crippen molar-refractivity contribution in [3.05, 3.63) is 41.0 Å². The minimum Gasteiger partial charge on any atom is -0.497 e. The van der Waals surface area contributed by atoms with Gasteiger partial charge in [0.2, 0.25) is 0 Å². The van der Waals surface area contributed by atoms with Crippen LogP contribution in [0.3, 0.4) is 0 Å². The quantitative estimate of drug-likeness (QED) is 0.880. The fraction of sp³-hybridized carbons (Fsp3) is 0.444. The van der Waals surface area contributed by atoms with E-state index in [2.05, 4.69) is 34.3 Å². The van der Waals surface area contributed by atoms with Crippen LogP contribution in [0.25, 0.3) is 0 Å². The molecule has 0 amide bonds. The van der Waals surface area contributed by atoms with E-state index in [0.29, 0.717) is 18.2 Å². The van der Waals surface area contributed by atoms with Crippen molar-refractivity contribution in [3.63, 3.8) is 0 Å². The normalized spacial score (nSPS) is 16.6. The first-order valence-electron chi connectivity index (χ1n) is 8.25. The van der Waals surface area contributed by atoms with Crippen molar-refractivity contribution in [2.24, 2.45) is 0 Å². The van der Waals surface area contributed by atoms with Gasteiger partial charge in [-0.2, -0.15) is 5.10 Å². The summed E-state index contributed by atoms with van der Waals surface area (Å²) in [6.45, 7) is 6.92. The lowest BCUT2D eigenvalue weighted by atomic mass is 10.1. The predicted molar refractivity (Wildman–Crippen MR) is 99.6 cm³/mol. The Morgan fingerprint density at radius 1 is 1.32 bits per heavy atom. The minimum absolute atomic E-state index is 0.227. The van der Waals surface area contributed by atoms with Crippen LogP contribution in [-0.4, -0.2) is 42.6 Å². The molecule has 0 unspecified atom stereocenters. The first kappa shape index (κ1) is 17.8. The Labute approximate surface area is 153 Å². The molecule has 2 heterocycles.